The smallest absolute Gasteiger partial charge is 0.255 e. The van der Waals surface area contributed by atoms with E-state index in [4.69, 9.17) is 0 Å². The number of nitrogens with one attached hydrogen (secondary N) is 2. The molecule has 1 aromatic heterocycles. The Bertz CT molecular complexity index is 1380. The van der Waals surface area contributed by atoms with Crippen LogP contribution in [0.4, 0.5) is 5.69 Å². The minimum absolute atomic E-state index is 0.166. The Balaban J connectivity index is 1.34. The third-order valence-corrected chi connectivity index (χ3v) is 7.29. The number of anilines is 1. The zero-order valence-electron chi connectivity index (χ0n) is 16.6. The number of hydrogen-bond acceptors (Lipinski definition) is 8. The molecular formula is C20H17N5O5S2. The van der Waals surface area contributed by atoms with E-state index in [-0.39, 0.29) is 37.0 Å². The zero-order chi connectivity index (χ0) is 22.5. The van der Waals surface area contributed by atoms with Crippen LogP contribution < -0.4 is 10.0 Å². The number of imide groups is 1. The first-order valence-corrected chi connectivity index (χ1v) is 12.2. The lowest BCUT2D eigenvalue weighted by Gasteiger charge is -2.29. The summed E-state index contributed by atoms with van der Waals surface area (Å²) in [5.41, 5.74) is 3.10. The Morgan fingerprint density at radius 1 is 1.16 bits per heavy atom. The molecule has 2 N–H and O–H groups in total. The van der Waals surface area contributed by atoms with Gasteiger partial charge in [0.05, 0.1) is 17.5 Å². The maximum absolute atomic E-state index is 12.8. The molecule has 1 saturated heterocycles. The van der Waals surface area contributed by atoms with Gasteiger partial charge in [-0.1, -0.05) is 12.1 Å². The van der Waals surface area contributed by atoms with Gasteiger partial charge in [-0.3, -0.25) is 24.4 Å². The summed E-state index contributed by atoms with van der Waals surface area (Å²) >= 11 is 1.02. The highest BCUT2D eigenvalue weighted by molar-refractivity contribution is 7.91. The lowest BCUT2D eigenvalue weighted by atomic mass is 10.0. The van der Waals surface area contributed by atoms with E-state index in [1.807, 2.05) is 0 Å². The van der Waals surface area contributed by atoms with Crippen molar-refractivity contribution in [2.75, 3.05) is 4.72 Å². The average Bonchev–Trinajstić information content (AvgIpc) is 3.33. The molecular weight excluding hydrogens is 454 g/mol. The largest absolute Gasteiger partial charge is 0.322 e. The van der Waals surface area contributed by atoms with Crippen LogP contribution in [0, 0.1) is 0 Å². The Labute approximate surface area is 187 Å². The summed E-state index contributed by atoms with van der Waals surface area (Å²) < 4.78 is 36.4. The third kappa shape index (κ3) is 3.71. The number of hydrogen-bond donors (Lipinski definition) is 2. The van der Waals surface area contributed by atoms with Gasteiger partial charge in [0.15, 0.2) is 0 Å². The number of fused-ring (bicyclic) bond motifs is 2. The van der Waals surface area contributed by atoms with Crippen LogP contribution in [0.1, 0.15) is 34.3 Å². The number of benzene rings is 2. The molecule has 5 rings (SSSR count). The third-order valence-electron chi connectivity index (χ3n) is 5.51. The van der Waals surface area contributed by atoms with Crippen molar-refractivity contribution >= 4 is 56.2 Å². The van der Waals surface area contributed by atoms with Gasteiger partial charge in [0.2, 0.25) is 21.8 Å². The van der Waals surface area contributed by atoms with Crippen molar-refractivity contribution in [1.82, 2.24) is 19.0 Å². The molecule has 0 bridgehead atoms. The second kappa shape index (κ2) is 7.64. The van der Waals surface area contributed by atoms with Crippen LogP contribution in [0.2, 0.25) is 0 Å². The number of aromatic nitrogens is 2. The summed E-state index contributed by atoms with van der Waals surface area (Å²) in [7, 11) is -3.75. The van der Waals surface area contributed by atoms with Crippen LogP contribution in [-0.2, 0) is 31.9 Å². The van der Waals surface area contributed by atoms with E-state index in [0.29, 0.717) is 33.4 Å². The molecule has 2 aliphatic rings. The van der Waals surface area contributed by atoms with Crippen LogP contribution in [0.5, 0.6) is 0 Å². The van der Waals surface area contributed by atoms with Gasteiger partial charge in [0.25, 0.3) is 5.91 Å². The SMILES string of the molecule is O=C1CCC(N2Cc3cc(NS(=O)(=O)Cc4cccc5nsnc45)ccc3C2=O)C(=O)N1. The minimum atomic E-state index is -3.75. The molecule has 0 aliphatic carbocycles. The quantitative estimate of drug-likeness (QED) is 0.536. The monoisotopic (exact) mass is 471 g/mol. The van der Waals surface area contributed by atoms with Crippen LogP contribution in [0.3, 0.4) is 0 Å². The zero-order valence-corrected chi connectivity index (χ0v) is 18.2. The molecule has 3 heterocycles. The fourth-order valence-corrected chi connectivity index (χ4v) is 5.81. The van der Waals surface area contributed by atoms with Crippen LogP contribution in [-0.4, -0.2) is 45.8 Å². The van der Waals surface area contributed by atoms with Crippen molar-refractivity contribution < 1.29 is 22.8 Å². The molecule has 10 nitrogen and oxygen atoms in total. The van der Waals surface area contributed by atoms with Crippen LogP contribution >= 0.6 is 11.7 Å². The number of amides is 3. The normalized spacial score (nSPS) is 18.7. The second-order valence-corrected chi connectivity index (χ2v) is 9.93. The summed E-state index contributed by atoms with van der Waals surface area (Å²) in [6.45, 7) is 0.166. The maximum Gasteiger partial charge on any atom is 0.255 e. The summed E-state index contributed by atoms with van der Waals surface area (Å²) in [4.78, 5) is 37.7. The van der Waals surface area contributed by atoms with Crippen LogP contribution in [0.15, 0.2) is 36.4 Å². The molecule has 0 radical (unpaired) electrons. The van der Waals surface area contributed by atoms with E-state index >= 15 is 0 Å². The molecule has 1 atom stereocenters. The van der Waals surface area contributed by atoms with Crippen molar-refractivity contribution in [2.45, 2.75) is 31.2 Å². The van der Waals surface area contributed by atoms with Crippen molar-refractivity contribution in [2.24, 2.45) is 0 Å². The van der Waals surface area contributed by atoms with Gasteiger partial charge >= 0.3 is 0 Å². The van der Waals surface area contributed by atoms with Gasteiger partial charge in [-0.05, 0) is 41.8 Å². The van der Waals surface area contributed by atoms with Gasteiger partial charge in [0, 0.05) is 24.2 Å². The topological polar surface area (TPSA) is 138 Å². The van der Waals surface area contributed by atoms with Crippen LogP contribution in [0.25, 0.3) is 11.0 Å². The Hall–Kier alpha value is -3.38. The van der Waals surface area contributed by atoms with Crippen molar-refractivity contribution in [3.63, 3.8) is 0 Å². The number of sulfonamides is 1. The van der Waals surface area contributed by atoms with Crippen molar-refractivity contribution in [3.8, 4) is 0 Å². The van der Waals surface area contributed by atoms with Gasteiger partial charge in [-0.2, -0.15) is 8.75 Å². The van der Waals surface area contributed by atoms with Crippen molar-refractivity contribution in [1.29, 1.82) is 0 Å². The maximum atomic E-state index is 12.8. The van der Waals surface area contributed by atoms with Crippen molar-refractivity contribution in [3.05, 3.63) is 53.1 Å². The first-order valence-electron chi connectivity index (χ1n) is 9.79. The molecule has 2 aromatic carbocycles. The van der Waals surface area contributed by atoms with Gasteiger partial charge in [-0.15, -0.1) is 0 Å². The van der Waals surface area contributed by atoms with E-state index in [1.54, 1.807) is 30.3 Å². The Morgan fingerprint density at radius 2 is 2.00 bits per heavy atom. The van der Waals surface area contributed by atoms with E-state index < -0.39 is 22.0 Å². The van der Waals surface area contributed by atoms with Gasteiger partial charge in [0.1, 0.15) is 17.1 Å². The molecule has 164 valence electrons. The highest BCUT2D eigenvalue weighted by Crippen LogP contribution is 2.30. The number of carbonyl (C=O) groups excluding carboxylic acids is 3. The second-order valence-electron chi connectivity index (χ2n) is 7.68. The molecule has 0 saturated carbocycles. The fourth-order valence-electron chi connectivity index (χ4n) is 4.04. The predicted molar refractivity (Wildman–Crippen MR) is 116 cm³/mol. The van der Waals surface area contributed by atoms with Gasteiger partial charge < -0.3 is 4.90 Å². The molecule has 12 heteroatoms. The van der Waals surface area contributed by atoms with Gasteiger partial charge in [-0.25, -0.2) is 8.42 Å². The molecule has 1 unspecified atom stereocenters. The number of rotatable bonds is 5. The lowest BCUT2D eigenvalue weighted by Crippen LogP contribution is -2.52. The molecule has 0 spiro atoms. The highest BCUT2D eigenvalue weighted by Gasteiger charge is 2.39. The average molecular weight is 472 g/mol. The summed E-state index contributed by atoms with van der Waals surface area (Å²) in [5.74, 6) is -1.43. The molecule has 32 heavy (non-hydrogen) atoms. The van der Waals surface area contributed by atoms with E-state index in [0.717, 1.165) is 11.7 Å². The molecule has 3 aromatic rings. The first-order chi connectivity index (χ1) is 15.3. The highest BCUT2D eigenvalue weighted by atomic mass is 32.2. The number of piperidine rings is 1. The first kappa shape index (κ1) is 20.5. The van der Waals surface area contributed by atoms with E-state index in [2.05, 4.69) is 18.8 Å². The summed E-state index contributed by atoms with van der Waals surface area (Å²) in [6.07, 6.45) is 0.434. The molecule has 1 fully saturated rings. The minimum Gasteiger partial charge on any atom is -0.322 e. The summed E-state index contributed by atoms with van der Waals surface area (Å²) in [5, 5.41) is 2.26. The molecule has 3 amide bonds. The Kier molecular flexibility index (Phi) is 4.90. The number of nitrogens with zero attached hydrogens (tertiary/aromatic N) is 3. The fraction of sp³-hybridized carbons (Fsp3) is 0.250. The summed E-state index contributed by atoms with van der Waals surface area (Å²) in [6, 6.07) is 9.15. The Morgan fingerprint density at radius 3 is 2.81 bits per heavy atom. The molecule has 2 aliphatic heterocycles. The van der Waals surface area contributed by atoms with E-state index in [1.165, 1.54) is 11.0 Å². The lowest BCUT2D eigenvalue weighted by molar-refractivity contribution is -0.136. The van der Waals surface area contributed by atoms with E-state index in [9.17, 15) is 22.8 Å². The predicted octanol–water partition coefficient (Wildman–Crippen LogP) is 1.39. The number of carbonyl (C=O) groups is 3. The standard InChI is InChI=1S/C20H17N5O5S2/c26-17-7-6-16(19(27)21-17)25-9-12-8-13(4-5-14(12)20(25)28)24-32(29,30)10-11-2-1-3-15-18(11)23-31-22-15/h1-5,8,16,24H,6-7,9-10H2,(H,21,26,27).